The molecule has 0 bridgehead atoms. The van der Waals surface area contributed by atoms with Crippen LogP contribution in [0.5, 0.6) is 0 Å². The summed E-state index contributed by atoms with van der Waals surface area (Å²) < 4.78 is 5.18. The molecule has 5 heteroatoms. The van der Waals surface area contributed by atoms with Gasteiger partial charge in [-0.1, -0.05) is 32.9 Å². The van der Waals surface area contributed by atoms with E-state index in [2.05, 4.69) is 10.6 Å². The van der Waals surface area contributed by atoms with Gasteiger partial charge in [0.25, 0.3) is 5.91 Å². The van der Waals surface area contributed by atoms with E-state index in [1.165, 1.54) is 0 Å². The Morgan fingerprint density at radius 3 is 2.48 bits per heavy atom. The fourth-order valence-electron chi connectivity index (χ4n) is 2.14. The number of anilines is 1. The molecule has 0 atom stereocenters. The third-order valence-corrected chi connectivity index (χ3v) is 3.14. The minimum Gasteiger partial charge on any atom is -0.467 e. The predicted octanol–water partition coefficient (Wildman–Crippen LogP) is 3.58. The molecule has 23 heavy (non-hydrogen) atoms. The van der Waals surface area contributed by atoms with Gasteiger partial charge in [0.2, 0.25) is 5.91 Å². The molecule has 0 unspecified atom stereocenters. The minimum absolute atomic E-state index is 0.108. The number of carbonyl (C=O) groups excluding carboxylic acids is 2. The van der Waals surface area contributed by atoms with Gasteiger partial charge in [-0.25, -0.2) is 0 Å². The Balaban J connectivity index is 2.04. The number of amides is 2. The number of hydrogen-bond donors (Lipinski definition) is 2. The summed E-state index contributed by atoms with van der Waals surface area (Å²) in [6.07, 6.45) is 1.94. The van der Waals surface area contributed by atoms with Crippen LogP contribution in [0.15, 0.2) is 47.1 Å². The first-order chi connectivity index (χ1) is 10.8. The summed E-state index contributed by atoms with van der Waals surface area (Å²) >= 11 is 0. The highest BCUT2D eigenvalue weighted by molar-refractivity contribution is 6.03. The molecule has 0 radical (unpaired) electrons. The first-order valence-electron chi connectivity index (χ1n) is 7.54. The molecule has 0 fully saturated rings. The van der Waals surface area contributed by atoms with E-state index in [1.807, 2.05) is 20.8 Å². The lowest BCUT2D eigenvalue weighted by atomic mass is 9.92. The summed E-state index contributed by atoms with van der Waals surface area (Å²) in [7, 11) is 0. The third kappa shape index (κ3) is 5.29. The van der Waals surface area contributed by atoms with Gasteiger partial charge in [-0.15, -0.1) is 0 Å². The highest BCUT2D eigenvalue weighted by atomic mass is 16.3. The molecule has 1 heterocycles. The third-order valence-electron chi connectivity index (χ3n) is 3.14. The van der Waals surface area contributed by atoms with Crippen LogP contribution in [0, 0.1) is 5.41 Å². The molecule has 0 aliphatic carbocycles. The summed E-state index contributed by atoms with van der Waals surface area (Å²) in [5.41, 5.74) is 0.834. The van der Waals surface area contributed by atoms with Gasteiger partial charge >= 0.3 is 0 Å². The van der Waals surface area contributed by atoms with E-state index in [0.29, 0.717) is 30.0 Å². The number of hydrogen-bond acceptors (Lipinski definition) is 3. The molecule has 0 saturated carbocycles. The molecule has 0 spiro atoms. The van der Waals surface area contributed by atoms with Crippen LogP contribution >= 0.6 is 0 Å². The molecule has 5 nitrogen and oxygen atoms in total. The molecular formula is C18H22N2O3. The van der Waals surface area contributed by atoms with Gasteiger partial charge in [0.05, 0.1) is 24.1 Å². The molecule has 2 amide bonds. The van der Waals surface area contributed by atoms with Crippen molar-refractivity contribution in [2.75, 3.05) is 5.32 Å². The standard InChI is InChI=1S/C18H22N2O3/c1-18(2,3)11-16(21)20-15-9-5-4-8-14(15)17(22)19-12-13-7-6-10-23-13/h4-10H,11-12H2,1-3H3,(H,19,22)(H,20,21). The number of furan rings is 1. The number of rotatable bonds is 5. The van der Waals surface area contributed by atoms with Crippen LogP contribution in [0.4, 0.5) is 5.69 Å². The van der Waals surface area contributed by atoms with E-state index >= 15 is 0 Å². The summed E-state index contributed by atoms with van der Waals surface area (Å²) in [5.74, 6) is 0.310. The zero-order valence-corrected chi connectivity index (χ0v) is 13.7. The molecule has 1 aromatic carbocycles. The summed E-state index contributed by atoms with van der Waals surface area (Å²) in [5, 5.41) is 5.60. The Bertz CT molecular complexity index is 670. The molecular weight excluding hydrogens is 292 g/mol. The van der Waals surface area contributed by atoms with E-state index in [0.717, 1.165) is 0 Å². The lowest BCUT2D eigenvalue weighted by Crippen LogP contribution is -2.25. The van der Waals surface area contributed by atoms with E-state index in [9.17, 15) is 9.59 Å². The number of nitrogens with one attached hydrogen (secondary N) is 2. The average Bonchev–Trinajstić information content (AvgIpc) is 2.96. The van der Waals surface area contributed by atoms with Crippen LogP contribution in [-0.4, -0.2) is 11.8 Å². The van der Waals surface area contributed by atoms with Gasteiger partial charge in [-0.3, -0.25) is 9.59 Å². The molecule has 0 saturated heterocycles. The second-order valence-corrected chi connectivity index (χ2v) is 6.59. The fraction of sp³-hybridized carbons (Fsp3) is 0.333. The molecule has 2 rings (SSSR count). The van der Waals surface area contributed by atoms with Crippen LogP contribution in [0.25, 0.3) is 0 Å². The number of benzene rings is 1. The average molecular weight is 314 g/mol. The Labute approximate surface area is 136 Å². The van der Waals surface area contributed by atoms with E-state index in [4.69, 9.17) is 4.42 Å². The zero-order valence-electron chi connectivity index (χ0n) is 13.7. The van der Waals surface area contributed by atoms with Crippen LogP contribution in [0.2, 0.25) is 0 Å². The highest BCUT2D eigenvalue weighted by Gasteiger charge is 2.18. The van der Waals surface area contributed by atoms with Gasteiger partial charge in [-0.05, 0) is 29.7 Å². The fourth-order valence-corrected chi connectivity index (χ4v) is 2.14. The monoisotopic (exact) mass is 314 g/mol. The van der Waals surface area contributed by atoms with Crippen molar-refractivity contribution in [1.82, 2.24) is 5.32 Å². The Hall–Kier alpha value is -2.56. The maximum absolute atomic E-state index is 12.3. The quantitative estimate of drug-likeness (QED) is 0.886. The molecule has 0 aliphatic heterocycles. The van der Waals surface area contributed by atoms with Crippen molar-refractivity contribution in [3.05, 3.63) is 54.0 Å². The first-order valence-corrected chi connectivity index (χ1v) is 7.54. The zero-order chi connectivity index (χ0) is 16.9. The SMILES string of the molecule is CC(C)(C)CC(=O)Nc1ccccc1C(=O)NCc1ccco1. The maximum Gasteiger partial charge on any atom is 0.253 e. The maximum atomic E-state index is 12.3. The topological polar surface area (TPSA) is 71.3 Å². The number of para-hydroxylation sites is 1. The van der Waals surface area contributed by atoms with Crippen molar-refractivity contribution >= 4 is 17.5 Å². The molecule has 2 aromatic rings. The molecule has 2 N–H and O–H groups in total. The van der Waals surface area contributed by atoms with Crippen LogP contribution in [0.1, 0.15) is 43.3 Å². The van der Waals surface area contributed by atoms with Crippen molar-refractivity contribution in [3.8, 4) is 0 Å². The molecule has 0 aliphatic rings. The van der Waals surface area contributed by atoms with E-state index < -0.39 is 0 Å². The summed E-state index contributed by atoms with van der Waals surface area (Å²) in [4.78, 5) is 24.4. The predicted molar refractivity (Wildman–Crippen MR) is 89.0 cm³/mol. The van der Waals surface area contributed by atoms with Crippen LogP contribution in [0.3, 0.4) is 0 Å². The normalized spacial score (nSPS) is 11.1. The van der Waals surface area contributed by atoms with Crippen LogP contribution in [-0.2, 0) is 11.3 Å². The summed E-state index contributed by atoms with van der Waals surface area (Å²) in [6, 6.07) is 10.5. The Morgan fingerprint density at radius 2 is 1.83 bits per heavy atom. The van der Waals surface area contributed by atoms with E-state index in [-0.39, 0.29) is 17.2 Å². The van der Waals surface area contributed by atoms with E-state index in [1.54, 1.807) is 42.7 Å². The van der Waals surface area contributed by atoms with Crippen molar-refractivity contribution in [2.45, 2.75) is 33.7 Å². The lowest BCUT2D eigenvalue weighted by molar-refractivity contribution is -0.117. The first kappa shape index (κ1) is 16.8. The molecule has 1 aromatic heterocycles. The minimum atomic E-state index is -0.256. The van der Waals surface area contributed by atoms with Gasteiger partial charge in [0.15, 0.2) is 0 Å². The second-order valence-electron chi connectivity index (χ2n) is 6.59. The Morgan fingerprint density at radius 1 is 1.09 bits per heavy atom. The largest absolute Gasteiger partial charge is 0.467 e. The Kier molecular flexibility index (Phi) is 5.21. The lowest BCUT2D eigenvalue weighted by Gasteiger charge is -2.18. The smallest absolute Gasteiger partial charge is 0.253 e. The van der Waals surface area contributed by atoms with Crippen molar-refractivity contribution in [1.29, 1.82) is 0 Å². The van der Waals surface area contributed by atoms with Crippen LogP contribution < -0.4 is 10.6 Å². The highest BCUT2D eigenvalue weighted by Crippen LogP contribution is 2.21. The van der Waals surface area contributed by atoms with Gasteiger partial charge in [0, 0.05) is 6.42 Å². The van der Waals surface area contributed by atoms with Gasteiger partial charge < -0.3 is 15.1 Å². The molecule has 122 valence electrons. The van der Waals surface area contributed by atoms with Gasteiger partial charge in [0.1, 0.15) is 5.76 Å². The summed E-state index contributed by atoms with van der Waals surface area (Å²) in [6.45, 7) is 6.29. The number of carbonyl (C=O) groups is 2. The van der Waals surface area contributed by atoms with Crippen molar-refractivity contribution in [3.63, 3.8) is 0 Å². The van der Waals surface area contributed by atoms with Crippen molar-refractivity contribution < 1.29 is 14.0 Å². The second kappa shape index (κ2) is 7.13. The van der Waals surface area contributed by atoms with Gasteiger partial charge in [-0.2, -0.15) is 0 Å². The van der Waals surface area contributed by atoms with Crippen molar-refractivity contribution in [2.24, 2.45) is 5.41 Å².